The van der Waals surface area contributed by atoms with Crippen molar-refractivity contribution < 1.29 is 14.3 Å². The monoisotopic (exact) mass is 354 g/mol. The van der Waals surface area contributed by atoms with E-state index in [0.29, 0.717) is 11.3 Å². The van der Waals surface area contributed by atoms with Gasteiger partial charge in [0.15, 0.2) is 6.61 Å². The summed E-state index contributed by atoms with van der Waals surface area (Å²) < 4.78 is 5.06. The van der Waals surface area contributed by atoms with Crippen molar-refractivity contribution in [3.05, 3.63) is 58.7 Å². The highest BCUT2D eigenvalue weighted by molar-refractivity contribution is 8.03. The quantitative estimate of drug-likeness (QED) is 0.499. The van der Waals surface area contributed by atoms with Crippen LogP contribution in [0.1, 0.15) is 27.0 Å². The SMILES string of the molecule is Cc1ccc(C(=O)OCC(=O)Nc2ccc(SC#N)cc2C)cc1C. The Labute approximate surface area is 151 Å². The van der Waals surface area contributed by atoms with Crippen LogP contribution in [0, 0.1) is 31.4 Å². The van der Waals surface area contributed by atoms with E-state index in [0.717, 1.165) is 33.3 Å². The van der Waals surface area contributed by atoms with E-state index in [4.69, 9.17) is 10.00 Å². The van der Waals surface area contributed by atoms with E-state index in [1.807, 2.05) is 38.3 Å². The molecule has 0 saturated carbocycles. The summed E-state index contributed by atoms with van der Waals surface area (Å²) in [4.78, 5) is 24.8. The van der Waals surface area contributed by atoms with Crippen LogP contribution in [0.2, 0.25) is 0 Å². The molecule has 2 rings (SSSR count). The molecule has 2 aromatic rings. The third-order valence-corrected chi connectivity index (χ3v) is 4.29. The van der Waals surface area contributed by atoms with Crippen LogP contribution in [0.5, 0.6) is 0 Å². The van der Waals surface area contributed by atoms with Crippen LogP contribution in [-0.4, -0.2) is 18.5 Å². The van der Waals surface area contributed by atoms with Gasteiger partial charge >= 0.3 is 5.97 Å². The van der Waals surface area contributed by atoms with E-state index in [2.05, 4.69) is 5.32 Å². The highest BCUT2D eigenvalue weighted by Crippen LogP contribution is 2.23. The van der Waals surface area contributed by atoms with Gasteiger partial charge in [-0.05, 0) is 79.6 Å². The molecule has 0 atom stereocenters. The van der Waals surface area contributed by atoms with Gasteiger partial charge in [-0.25, -0.2) is 4.79 Å². The number of ether oxygens (including phenoxy) is 1. The Hall–Kier alpha value is -2.78. The first-order chi connectivity index (χ1) is 11.9. The lowest BCUT2D eigenvalue weighted by Gasteiger charge is -2.10. The molecule has 0 unspecified atom stereocenters. The number of benzene rings is 2. The number of thiocyanates is 1. The predicted octanol–water partition coefficient (Wildman–Crippen LogP) is 3.98. The van der Waals surface area contributed by atoms with E-state index < -0.39 is 11.9 Å². The van der Waals surface area contributed by atoms with Gasteiger partial charge in [0, 0.05) is 10.6 Å². The van der Waals surface area contributed by atoms with Crippen molar-refractivity contribution in [2.45, 2.75) is 25.7 Å². The first-order valence-electron chi connectivity index (χ1n) is 7.61. The van der Waals surface area contributed by atoms with E-state index >= 15 is 0 Å². The summed E-state index contributed by atoms with van der Waals surface area (Å²) in [6.07, 6.45) is 0. The van der Waals surface area contributed by atoms with Crippen molar-refractivity contribution in [1.29, 1.82) is 5.26 Å². The molecule has 25 heavy (non-hydrogen) atoms. The van der Waals surface area contributed by atoms with Crippen molar-refractivity contribution >= 4 is 29.3 Å². The molecule has 128 valence electrons. The van der Waals surface area contributed by atoms with Gasteiger partial charge in [-0.3, -0.25) is 4.79 Å². The molecule has 0 spiro atoms. The molecule has 0 radical (unpaired) electrons. The van der Waals surface area contributed by atoms with Gasteiger partial charge in [-0.2, -0.15) is 5.26 Å². The van der Waals surface area contributed by atoms with Gasteiger partial charge in [0.2, 0.25) is 0 Å². The van der Waals surface area contributed by atoms with Crippen molar-refractivity contribution in [1.82, 2.24) is 0 Å². The van der Waals surface area contributed by atoms with Crippen molar-refractivity contribution in [3.8, 4) is 5.40 Å². The highest BCUT2D eigenvalue weighted by Gasteiger charge is 2.12. The number of carbonyl (C=O) groups is 2. The largest absolute Gasteiger partial charge is 0.452 e. The van der Waals surface area contributed by atoms with Gasteiger partial charge in [-0.15, -0.1) is 0 Å². The molecular weight excluding hydrogens is 336 g/mol. The van der Waals surface area contributed by atoms with Gasteiger partial charge in [-0.1, -0.05) is 6.07 Å². The maximum absolute atomic E-state index is 12.0. The summed E-state index contributed by atoms with van der Waals surface area (Å²) in [5.74, 6) is -0.947. The molecule has 1 amide bonds. The van der Waals surface area contributed by atoms with Crippen molar-refractivity contribution in [2.24, 2.45) is 0 Å². The zero-order valence-corrected chi connectivity index (χ0v) is 15.1. The number of carbonyl (C=O) groups excluding carboxylic acids is 2. The fourth-order valence-electron chi connectivity index (χ4n) is 2.16. The number of anilines is 1. The molecule has 0 aliphatic heterocycles. The van der Waals surface area contributed by atoms with Crippen LogP contribution in [0.15, 0.2) is 41.3 Å². The average molecular weight is 354 g/mol. The number of hydrogen-bond acceptors (Lipinski definition) is 5. The van der Waals surface area contributed by atoms with Gasteiger partial charge in [0.25, 0.3) is 5.91 Å². The fourth-order valence-corrected chi connectivity index (χ4v) is 2.64. The molecule has 0 saturated heterocycles. The zero-order valence-electron chi connectivity index (χ0n) is 14.3. The average Bonchev–Trinajstić information content (AvgIpc) is 2.58. The molecule has 0 bridgehead atoms. The second-order valence-corrected chi connectivity index (χ2v) is 6.45. The number of nitriles is 1. The second kappa shape index (κ2) is 8.36. The fraction of sp³-hybridized carbons (Fsp3) is 0.211. The zero-order chi connectivity index (χ0) is 18.4. The minimum absolute atomic E-state index is 0.361. The first-order valence-corrected chi connectivity index (χ1v) is 8.43. The van der Waals surface area contributed by atoms with Crippen LogP contribution >= 0.6 is 11.8 Å². The lowest BCUT2D eigenvalue weighted by atomic mass is 10.1. The number of esters is 1. The third kappa shape index (κ3) is 5.10. The highest BCUT2D eigenvalue weighted by atomic mass is 32.2. The lowest BCUT2D eigenvalue weighted by Crippen LogP contribution is -2.21. The minimum atomic E-state index is -0.532. The first kappa shape index (κ1) is 18.6. The van der Waals surface area contributed by atoms with Crippen LogP contribution in [-0.2, 0) is 9.53 Å². The number of thioether (sulfide) groups is 1. The lowest BCUT2D eigenvalue weighted by molar-refractivity contribution is -0.119. The van der Waals surface area contributed by atoms with Gasteiger partial charge in [0.1, 0.15) is 5.40 Å². The van der Waals surface area contributed by atoms with Gasteiger partial charge < -0.3 is 10.1 Å². The van der Waals surface area contributed by atoms with Crippen LogP contribution < -0.4 is 5.32 Å². The Morgan fingerprint density at radius 3 is 2.48 bits per heavy atom. The maximum atomic E-state index is 12.0. The molecular formula is C19H18N2O3S. The standard InChI is InChI=1S/C19H18N2O3S/c1-12-4-5-15(8-13(12)2)19(23)24-10-18(22)21-17-7-6-16(25-11-20)9-14(17)3/h4-9H,10H2,1-3H3,(H,21,22). The molecule has 1 N–H and O–H groups in total. The Balaban J connectivity index is 1.93. The Bertz CT molecular complexity index is 856. The second-order valence-electron chi connectivity index (χ2n) is 5.59. The van der Waals surface area contributed by atoms with Crippen LogP contribution in [0.3, 0.4) is 0 Å². The number of nitrogens with zero attached hydrogens (tertiary/aromatic N) is 1. The van der Waals surface area contributed by atoms with E-state index in [-0.39, 0.29) is 6.61 Å². The summed E-state index contributed by atoms with van der Waals surface area (Å²) in [7, 11) is 0. The third-order valence-electron chi connectivity index (χ3n) is 3.71. The summed E-state index contributed by atoms with van der Waals surface area (Å²) in [6.45, 7) is 5.34. The van der Waals surface area contributed by atoms with Crippen LogP contribution in [0.25, 0.3) is 0 Å². The Kier molecular flexibility index (Phi) is 6.20. The molecule has 0 fully saturated rings. The number of hydrogen-bond donors (Lipinski definition) is 1. The Morgan fingerprint density at radius 1 is 1.08 bits per heavy atom. The summed E-state index contributed by atoms with van der Waals surface area (Å²) >= 11 is 1.05. The molecule has 0 aromatic heterocycles. The van der Waals surface area contributed by atoms with E-state index in [1.165, 1.54) is 0 Å². The molecule has 0 aliphatic carbocycles. The normalized spacial score (nSPS) is 10.0. The number of amides is 1. The van der Waals surface area contributed by atoms with Crippen molar-refractivity contribution in [2.75, 3.05) is 11.9 Å². The predicted molar refractivity (Wildman–Crippen MR) is 97.5 cm³/mol. The molecule has 5 nitrogen and oxygen atoms in total. The van der Waals surface area contributed by atoms with E-state index in [1.54, 1.807) is 24.3 Å². The molecule has 2 aromatic carbocycles. The summed E-state index contributed by atoms with van der Waals surface area (Å²) in [6, 6.07) is 10.5. The maximum Gasteiger partial charge on any atom is 0.338 e. The summed E-state index contributed by atoms with van der Waals surface area (Å²) in [5.41, 5.74) is 3.95. The number of rotatable bonds is 5. The molecule has 0 aliphatic rings. The Morgan fingerprint density at radius 2 is 1.84 bits per heavy atom. The van der Waals surface area contributed by atoms with Crippen molar-refractivity contribution in [3.63, 3.8) is 0 Å². The molecule has 6 heteroatoms. The minimum Gasteiger partial charge on any atom is -0.452 e. The van der Waals surface area contributed by atoms with Gasteiger partial charge in [0.05, 0.1) is 5.56 Å². The smallest absolute Gasteiger partial charge is 0.338 e. The summed E-state index contributed by atoms with van der Waals surface area (Å²) in [5, 5.41) is 13.4. The van der Waals surface area contributed by atoms with Crippen LogP contribution in [0.4, 0.5) is 5.69 Å². The number of aryl methyl sites for hydroxylation is 3. The topological polar surface area (TPSA) is 79.2 Å². The number of nitrogens with one attached hydrogen (secondary N) is 1. The van der Waals surface area contributed by atoms with E-state index in [9.17, 15) is 9.59 Å². The molecule has 0 heterocycles.